The Hall–Kier alpha value is -2.64. The smallest absolute Gasteiger partial charge is 0.343 e. The molecule has 2 heterocycles. The first kappa shape index (κ1) is 15.3. The first-order valence-corrected chi connectivity index (χ1v) is 7.18. The molecule has 0 bridgehead atoms. The van der Waals surface area contributed by atoms with Crippen LogP contribution in [-0.2, 0) is 23.2 Å². The van der Waals surface area contributed by atoms with E-state index in [4.69, 9.17) is 5.11 Å². The number of halogens is 1. The molecule has 8 heteroatoms. The number of imidazole rings is 1. The number of hydrogen-bond donors (Lipinski definition) is 1. The maximum Gasteiger partial charge on any atom is 0.343 e. The summed E-state index contributed by atoms with van der Waals surface area (Å²) in [6.07, 6.45) is -0.238. The third-order valence-electron chi connectivity index (χ3n) is 4.30. The second kappa shape index (κ2) is 5.22. The molecule has 23 heavy (non-hydrogen) atoms. The Morgan fingerprint density at radius 2 is 1.96 bits per heavy atom. The number of alkyl halides is 1. The molecule has 2 aromatic rings. The van der Waals surface area contributed by atoms with E-state index in [-0.39, 0.29) is 25.2 Å². The highest BCUT2D eigenvalue weighted by atomic mass is 19.1. The number of amides is 1. The van der Waals surface area contributed by atoms with E-state index in [1.54, 1.807) is 31.3 Å². The van der Waals surface area contributed by atoms with Gasteiger partial charge in [-0.1, -0.05) is 12.1 Å². The van der Waals surface area contributed by atoms with E-state index in [0.29, 0.717) is 11.0 Å². The Labute approximate surface area is 130 Å². The predicted octanol–water partition coefficient (Wildman–Crippen LogP) is 0.365. The molecule has 0 spiro atoms. The molecule has 1 unspecified atom stereocenters. The Morgan fingerprint density at radius 3 is 2.57 bits per heavy atom. The standard InChI is InChI=1S/C15H16FN3O4/c1-17-10-4-2-3-5-11(10)19(14(17)23)8-12(20)18-7-6-15(16,9-18)13(21)22/h2-5H,6-9H2,1H3,(H,21,22). The lowest BCUT2D eigenvalue weighted by molar-refractivity contribution is -0.150. The van der Waals surface area contributed by atoms with Crippen molar-refractivity contribution in [3.8, 4) is 0 Å². The maximum atomic E-state index is 14.1. The van der Waals surface area contributed by atoms with Crippen LogP contribution in [0.25, 0.3) is 11.0 Å². The summed E-state index contributed by atoms with van der Waals surface area (Å²) in [5, 5.41) is 8.88. The number of aliphatic carboxylic acids is 1. The van der Waals surface area contributed by atoms with Gasteiger partial charge in [-0.05, 0) is 12.1 Å². The highest BCUT2D eigenvalue weighted by Gasteiger charge is 2.46. The molecule has 0 aliphatic carbocycles. The van der Waals surface area contributed by atoms with Gasteiger partial charge in [-0.25, -0.2) is 14.0 Å². The summed E-state index contributed by atoms with van der Waals surface area (Å²) in [7, 11) is 1.61. The average molecular weight is 321 g/mol. The van der Waals surface area contributed by atoms with Crippen molar-refractivity contribution in [3.63, 3.8) is 0 Å². The van der Waals surface area contributed by atoms with Crippen molar-refractivity contribution in [1.82, 2.24) is 14.0 Å². The molecular weight excluding hydrogens is 305 g/mol. The number of carboxylic acid groups (broad SMARTS) is 1. The molecule has 1 aromatic carbocycles. The third kappa shape index (κ3) is 2.39. The summed E-state index contributed by atoms with van der Waals surface area (Å²) < 4.78 is 16.8. The number of aromatic nitrogens is 2. The number of para-hydroxylation sites is 2. The van der Waals surface area contributed by atoms with Crippen molar-refractivity contribution in [1.29, 1.82) is 0 Å². The van der Waals surface area contributed by atoms with Crippen molar-refractivity contribution in [2.24, 2.45) is 7.05 Å². The lowest BCUT2D eigenvalue weighted by Crippen LogP contribution is -2.40. The minimum Gasteiger partial charge on any atom is -0.479 e. The van der Waals surface area contributed by atoms with Gasteiger partial charge in [-0.3, -0.25) is 13.9 Å². The highest BCUT2D eigenvalue weighted by molar-refractivity contribution is 5.83. The number of fused-ring (bicyclic) bond motifs is 1. The van der Waals surface area contributed by atoms with E-state index in [0.717, 1.165) is 4.90 Å². The summed E-state index contributed by atoms with van der Waals surface area (Å²) in [5.74, 6) is -2.03. The van der Waals surface area contributed by atoms with Crippen molar-refractivity contribution in [2.45, 2.75) is 18.6 Å². The second-order valence-corrected chi connectivity index (χ2v) is 5.75. The first-order valence-electron chi connectivity index (χ1n) is 7.18. The van der Waals surface area contributed by atoms with Gasteiger partial charge in [0.1, 0.15) is 6.54 Å². The van der Waals surface area contributed by atoms with Crippen LogP contribution in [0, 0.1) is 0 Å². The number of aryl methyl sites for hydroxylation is 1. The fourth-order valence-corrected chi connectivity index (χ4v) is 2.91. The fraction of sp³-hybridized carbons (Fsp3) is 0.400. The Morgan fingerprint density at radius 1 is 1.30 bits per heavy atom. The SMILES string of the molecule is Cn1c(=O)n(CC(=O)N2CCC(F)(C(=O)O)C2)c2ccccc21. The van der Waals surface area contributed by atoms with Crippen LogP contribution in [0.15, 0.2) is 29.1 Å². The number of hydrogen-bond acceptors (Lipinski definition) is 3. The van der Waals surface area contributed by atoms with Gasteiger partial charge in [0, 0.05) is 20.0 Å². The Balaban J connectivity index is 1.86. The Bertz CT molecular complexity index is 856. The lowest BCUT2D eigenvalue weighted by Gasteiger charge is -2.18. The maximum absolute atomic E-state index is 14.1. The van der Waals surface area contributed by atoms with Crippen LogP contribution in [0.2, 0.25) is 0 Å². The van der Waals surface area contributed by atoms with Gasteiger partial charge < -0.3 is 10.0 Å². The van der Waals surface area contributed by atoms with Crippen LogP contribution < -0.4 is 5.69 Å². The molecule has 0 saturated carbocycles. The van der Waals surface area contributed by atoms with Crippen molar-refractivity contribution < 1.29 is 19.1 Å². The number of carboxylic acids is 1. The van der Waals surface area contributed by atoms with Gasteiger partial charge in [0.15, 0.2) is 0 Å². The van der Waals surface area contributed by atoms with E-state index in [9.17, 15) is 18.8 Å². The zero-order valence-electron chi connectivity index (χ0n) is 12.5. The van der Waals surface area contributed by atoms with Gasteiger partial charge in [-0.2, -0.15) is 0 Å². The van der Waals surface area contributed by atoms with Crippen LogP contribution in [0.5, 0.6) is 0 Å². The summed E-state index contributed by atoms with van der Waals surface area (Å²) in [6, 6.07) is 7.05. The van der Waals surface area contributed by atoms with Crippen molar-refractivity contribution in [3.05, 3.63) is 34.7 Å². The van der Waals surface area contributed by atoms with Crippen LogP contribution >= 0.6 is 0 Å². The molecule has 1 N–H and O–H groups in total. The van der Waals surface area contributed by atoms with E-state index in [1.165, 1.54) is 9.13 Å². The normalized spacial score (nSPS) is 21.0. The molecule has 1 atom stereocenters. The van der Waals surface area contributed by atoms with Gasteiger partial charge in [-0.15, -0.1) is 0 Å². The molecule has 1 amide bonds. The molecule has 1 fully saturated rings. The number of carbonyl (C=O) groups is 2. The van der Waals surface area contributed by atoms with E-state index < -0.39 is 24.1 Å². The molecule has 1 saturated heterocycles. The molecule has 1 aliphatic heterocycles. The number of nitrogens with zero attached hydrogens (tertiary/aromatic N) is 3. The minimum atomic E-state index is -2.40. The third-order valence-corrected chi connectivity index (χ3v) is 4.30. The second-order valence-electron chi connectivity index (χ2n) is 5.75. The molecule has 1 aliphatic rings. The number of likely N-dealkylation sites (tertiary alicyclic amines) is 1. The highest BCUT2D eigenvalue weighted by Crippen LogP contribution is 2.26. The summed E-state index contributed by atoms with van der Waals surface area (Å²) >= 11 is 0. The number of carbonyl (C=O) groups excluding carboxylic acids is 1. The monoisotopic (exact) mass is 321 g/mol. The van der Waals surface area contributed by atoms with Gasteiger partial charge in [0.05, 0.1) is 17.6 Å². The first-order chi connectivity index (χ1) is 10.8. The van der Waals surface area contributed by atoms with E-state index >= 15 is 0 Å². The molecule has 1 aromatic heterocycles. The van der Waals surface area contributed by atoms with Crippen LogP contribution in [0.1, 0.15) is 6.42 Å². The van der Waals surface area contributed by atoms with Gasteiger partial charge in [0.2, 0.25) is 11.6 Å². The van der Waals surface area contributed by atoms with Crippen LogP contribution in [0.4, 0.5) is 4.39 Å². The summed E-state index contributed by atoms with van der Waals surface area (Å²) in [6.45, 7) is -0.697. The zero-order chi connectivity index (χ0) is 16.8. The summed E-state index contributed by atoms with van der Waals surface area (Å²) in [5.41, 5.74) is -1.45. The molecule has 0 radical (unpaired) electrons. The van der Waals surface area contributed by atoms with Crippen molar-refractivity contribution in [2.75, 3.05) is 13.1 Å². The minimum absolute atomic E-state index is 0.0289. The number of benzene rings is 1. The zero-order valence-corrected chi connectivity index (χ0v) is 12.5. The molecule has 122 valence electrons. The lowest BCUT2D eigenvalue weighted by atomic mass is 10.1. The van der Waals surface area contributed by atoms with Crippen LogP contribution in [0.3, 0.4) is 0 Å². The Kier molecular flexibility index (Phi) is 3.46. The van der Waals surface area contributed by atoms with E-state index in [1.807, 2.05) is 0 Å². The predicted molar refractivity (Wildman–Crippen MR) is 79.9 cm³/mol. The van der Waals surface area contributed by atoms with Gasteiger partial charge >= 0.3 is 11.7 Å². The molecule has 3 rings (SSSR count). The topological polar surface area (TPSA) is 84.5 Å². The number of rotatable bonds is 3. The molecule has 7 nitrogen and oxygen atoms in total. The van der Waals surface area contributed by atoms with Gasteiger partial charge in [0.25, 0.3) is 0 Å². The fourth-order valence-electron chi connectivity index (χ4n) is 2.91. The van der Waals surface area contributed by atoms with Crippen LogP contribution in [-0.4, -0.2) is 49.8 Å². The largest absolute Gasteiger partial charge is 0.479 e. The quantitative estimate of drug-likeness (QED) is 0.885. The summed E-state index contributed by atoms with van der Waals surface area (Å²) in [4.78, 5) is 36.7. The molecular formula is C15H16FN3O4. The average Bonchev–Trinajstić information content (AvgIpc) is 3.04. The van der Waals surface area contributed by atoms with Crippen molar-refractivity contribution >= 4 is 22.9 Å². The van der Waals surface area contributed by atoms with E-state index in [2.05, 4.69) is 0 Å².